The highest BCUT2D eigenvalue weighted by atomic mass is 16.5. The Morgan fingerprint density at radius 2 is 2.06 bits per heavy atom. The summed E-state index contributed by atoms with van der Waals surface area (Å²) in [6.07, 6.45) is 4.87. The molecule has 2 N–H and O–H groups in total. The van der Waals surface area contributed by atoms with Crippen molar-refractivity contribution in [2.45, 2.75) is 58.0 Å². The lowest BCUT2D eigenvalue weighted by Crippen LogP contribution is -2.49. The van der Waals surface area contributed by atoms with Crippen molar-refractivity contribution in [2.24, 2.45) is 5.92 Å². The minimum atomic E-state index is -0.201. The van der Waals surface area contributed by atoms with Crippen LogP contribution >= 0.6 is 0 Å². The summed E-state index contributed by atoms with van der Waals surface area (Å²) in [5.41, 5.74) is -0.201. The molecule has 1 fully saturated rings. The molecule has 0 heterocycles. The van der Waals surface area contributed by atoms with Gasteiger partial charge in [0.2, 0.25) is 0 Å². The van der Waals surface area contributed by atoms with Crippen molar-refractivity contribution >= 4 is 0 Å². The van der Waals surface area contributed by atoms with E-state index in [0.29, 0.717) is 6.04 Å². The molecule has 1 rings (SSSR count). The Bertz CT molecular complexity index is 192. The van der Waals surface area contributed by atoms with Gasteiger partial charge in [0.15, 0.2) is 0 Å². The summed E-state index contributed by atoms with van der Waals surface area (Å²) in [5, 5.41) is 12.8. The molecule has 0 bridgehead atoms. The van der Waals surface area contributed by atoms with Crippen LogP contribution in [0.15, 0.2) is 0 Å². The molecule has 0 radical (unpaired) electrons. The second-order valence-corrected chi connectivity index (χ2v) is 5.61. The molecule has 3 nitrogen and oxygen atoms in total. The van der Waals surface area contributed by atoms with Crippen molar-refractivity contribution in [1.29, 1.82) is 0 Å². The number of nitrogens with one attached hydrogen (secondary N) is 1. The molecule has 1 aliphatic carbocycles. The maximum absolute atomic E-state index is 9.37. The minimum Gasteiger partial charge on any atom is -0.394 e. The van der Waals surface area contributed by atoms with Crippen LogP contribution in [0.4, 0.5) is 0 Å². The highest BCUT2D eigenvalue weighted by Gasteiger charge is 2.24. The molecule has 0 aromatic heterocycles. The number of hydrogen-bond acceptors (Lipinski definition) is 3. The van der Waals surface area contributed by atoms with Gasteiger partial charge in [-0.2, -0.15) is 0 Å². The van der Waals surface area contributed by atoms with E-state index in [2.05, 4.69) is 26.1 Å². The molecule has 1 atom stereocenters. The predicted octanol–water partition coefficient (Wildman–Crippen LogP) is 1.94. The van der Waals surface area contributed by atoms with Gasteiger partial charge in [-0.15, -0.1) is 0 Å². The third-order valence-corrected chi connectivity index (χ3v) is 3.15. The lowest BCUT2D eigenvalue weighted by Gasteiger charge is -2.31. The molecule has 0 spiro atoms. The summed E-state index contributed by atoms with van der Waals surface area (Å²) < 4.78 is 5.61. The summed E-state index contributed by atoms with van der Waals surface area (Å²) in [7, 11) is 0. The van der Waals surface area contributed by atoms with E-state index in [0.717, 1.165) is 25.6 Å². The Morgan fingerprint density at radius 3 is 2.56 bits per heavy atom. The van der Waals surface area contributed by atoms with Gasteiger partial charge in [-0.1, -0.05) is 26.7 Å². The molecule has 0 aromatic rings. The Hall–Kier alpha value is -0.120. The first kappa shape index (κ1) is 13.9. The highest BCUT2D eigenvalue weighted by molar-refractivity contribution is 4.83. The first-order chi connectivity index (χ1) is 7.56. The summed E-state index contributed by atoms with van der Waals surface area (Å²) >= 11 is 0. The van der Waals surface area contributed by atoms with Crippen LogP contribution in [0.2, 0.25) is 0 Å². The second-order valence-electron chi connectivity index (χ2n) is 5.61. The minimum absolute atomic E-state index is 0.164. The van der Waals surface area contributed by atoms with Gasteiger partial charge in [-0.25, -0.2) is 0 Å². The Labute approximate surface area is 99.6 Å². The zero-order chi connectivity index (χ0) is 12.0. The van der Waals surface area contributed by atoms with E-state index in [-0.39, 0.29) is 12.1 Å². The fraction of sp³-hybridized carbons (Fsp3) is 1.00. The molecule has 0 aliphatic heterocycles. The van der Waals surface area contributed by atoms with Crippen LogP contribution in [0.3, 0.4) is 0 Å². The summed E-state index contributed by atoms with van der Waals surface area (Å²) in [6, 6.07) is 0.392. The number of aliphatic hydroxyl groups is 1. The van der Waals surface area contributed by atoms with Crippen LogP contribution in [0.5, 0.6) is 0 Å². The van der Waals surface area contributed by atoms with E-state index in [1.165, 1.54) is 19.3 Å². The number of rotatable bonds is 9. The van der Waals surface area contributed by atoms with E-state index in [9.17, 15) is 5.11 Å². The molecule has 16 heavy (non-hydrogen) atoms. The van der Waals surface area contributed by atoms with E-state index in [1.807, 2.05) is 0 Å². The Kier molecular flexibility index (Phi) is 5.73. The van der Waals surface area contributed by atoms with Crippen LogP contribution < -0.4 is 5.32 Å². The van der Waals surface area contributed by atoms with Gasteiger partial charge in [0.25, 0.3) is 0 Å². The SMILES string of the molecule is CC(C)NC(C)(CO)CCOCCC1CC1. The smallest absolute Gasteiger partial charge is 0.0611 e. The lowest BCUT2D eigenvalue weighted by atomic mass is 9.98. The summed E-state index contributed by atoms with van der Waals surface area (Å²) in [6.45, 7) is 8.04. The maximum Gasteiger partial charge on any atom is 0.0611 e. The first-order valence-corrected chi connectivity index (χ1v) is 6.52. The zero-order valence-corrected chi connectivity index (χ0v) is 11.0. The summed E-state index contributed by atoms with van der Waals surface area (Å²) in [4.78, 5) is 0. The fourth-order valence-electron chi connectivity index (χ4n) is 1.95. The fourth-order valence-corrected chi connectivity index (χ4v) is 1.95. The number of hydrogen-bond donors (Lipinski definition) is 2. The van der Waals surface area contributed by atoms with E-state index in [4.69, 9.17) is 4.74 Å². The quantitative estimate of drug-likeness (QED) is 0.594. The van der Waals surface area contributed by atoms with Gasteiger partial charge in [0.05, 0.1) is 6.61 Å². The number of aliphatic hydroxyl groups excluding tert-OH is 1. The van der Waals surface area contributed by atoms with Crippen molar-refractivity contribution in [1.82, 2.24) is 5.32 Å². The van der Waals surface area contributed by atoms with Crippen molar-refractivity contribution in [2.75, 3.05) is 19.8 Å². The molecular formula is C13H27NO2. The highest BCUT2D eigenvalue weighted by Crippen LogP contribution is 2.32. The third-order valence-electron chi connectivity index (χ3n) is 3.15. The maximum atomic E-state index is 9.37. The zero-order valence-electron chi connectivity index (χ0n) is 11.0. The predicted molar refractivity (Wildman–Crippen MR) is 66.5 cm³/mol. The largest absolute Gasteiger partial charge is 0.394 e. The molecule has 0 saturated heterocycles. The van der Waals surface area contributed by atoms with Crippen LogP contribution in [-0.4, -0.2) is 36.5 Å². The van der Waals surface area contributed by atoms with Gasteiger partial charge >= 0.3 is 0 Å². The van der Waals surface area contributed by atoms with Gasteiger partial charge in [0, 0.05) is 24.8 Å². The van der Waals surface area contributed by atoms with E-state index in [1.54, 1.807) is 0 Å². The van der Waals surface area contributed by atoms with Gasteiger partial charge in [-0.3, -0.25) is 0 Å². The normalized spacial score (nSPS) is 20.1. The van der Waals surface area contributed by atoms with Crippen molar-refractivity contribution in [3.63, 3.8) is 0 Å². The molecule has 96 valence electrons. The third kappa shape index (κ3) is 5.83. The molecule has 0 aromatic carbocycles. The van der Waals surface area contributed by atoms with E-state index >= 15 is 0 Å². The monoisotopic (exact) mass is 229 g/mol. The molecule has 0 amide bonds. The summed E-state index contributed by atoms with van der Waals surface area (Å²) in [5.74, 6) is 0.943. The van der Waals surface area contributed by atoms with Crippen LogP contribution in [0.1, 0.15) is 46.5 Å². The molecule has 1 aliphatic rings. The van der Waals surface area contributed by atoms with Crippen LogP contribution in [0.25, 0.3) is 0 Å². The average Bonchev–Trinajstić information content (AvgIpc) is 3.00. The molecule has 1 saturated carbocycles. The van der Waals surface area contributed by atoms with Gasteiger partial charge in [0.1, 0.15) is 0 Å². The van der Waals surface area contributed by atoms with Crippen LogP contribution in [0, 0.1) is 5.92 Å². The van der Waals surface area contributed by atoms with Crippen molar-refractivity contribution in [3.05, 3.63) is 0 Å². The molecular weight excluding hydrogens is 202 g/mol. The molecule has 1 unspecified atom stereocenters. The lowest BCUT2D eigenvalue weighted by molar-refractivity contribution is 0.0805. The standard InChI is InChI=1S/C13H27NO2/c1-11(2)14-13(3,10-15)7-9-16-8-6-12-4-5-12/h11-12,14-15H,4-10H2,1-3H3. The van der Waals surface area contributed by atoms with Crippen molar-refractivity contribution < 1.29 is 9.84 Å². The topological polar surface area (TPSA) is 41.5 Å². The van der Waals surface area contributed by atoms with Gasteiger partial charge < -0.3 is 15.2 Å². The van der Waals surface area contributed by atoms with Crippen molar-refractivity contribution in [3.8, 4) is 0 Å². The average molecular weight is 229 g/mol. The van der Waals surface area contributed by atoms with Crippen LogP contribution in [-0.2, 0) is 4.74 Å². The number of ether oxygens (including phenoxy) is 1. The molecule has 3 heteroatoms. The van der Waals surface area contributed by atoms with E-state index < -0.39 is 0 Å². The van der Waals surface area contributed by atoms with Gasteiger partial charge in [-0.05, 0) is 25.7 Å². The Morgan fingerprint density at radius 1 is 1.38 bits per heavy atom. The second kappa shape index (κ2) is 6.58. The first-order valence-electron chi connectivity index (χ1n) is 6.52. The Balaban J connectivity index is 2.06.